The molecule has 1 heterocycles. The molecule has 1 atom stereocenters. The predicted octanol–water partition coefficient (Wildman–Crippen LogP) is 3.20. The molecule has 0 aliphatic carbocycles. The first kappa shape index (κ1) is 15.3. The van der Waals surface area contributed by atoms with Crippen LogP contribution >= 0.6 is 0 Å². The fraction of sp³-hybridized carbons (Fsp3) is 0.375. The minimum Gasteiger partial charge on any atom is -0.363 e. The van der Waals surface area contributed by atoms with Crippen molar-refractivity contribution in [1.29, 1.82) is 0 Å². The van der Waals surface area contributed by atoms with Crippen molar-refractivity contribution in [3.63, 3.8) is 0 Å². The summed E-state index contributed by atoms with van der Waals surface area (Å²) in [5.41, 5.74) is 4.80. The summed E-state index contributed by atoms with van der Waals surface area (Å²) in [6.07, 6.45) is 1.84. The maximum atomic E-state index is 5.56. The summed E-state index contributed by atoms with van der Waals surface area (Å²) in [6.45, 7) is 6.19. The number of nitrogens with two attached hydrogens (primary N) is 1. The van der Waals surface area contributed by atoms with Gasteiger partial charge in [0.05, 0.1) is 0 Å². The van der Waals surface area contributed by atoms with Gasteiger partial charge >= 0.3 is 0 Å². The molecule has 5 nitrogen and oxygen atoms in total. The van der Waals surface area contributed by atoms with E-state index in [2.05, 4.69) is 46.7 Å². The number of aromatic nitrogens is 2. The highest BCUT2D eigenvalue weighted by molar-refractivity contribution is 5.57. The highest BCUT2D eigenvalue weighted by Crippen LogP contribution is 2.24. The number of rotatable bonds is 6. The van der Waals surface area contributed by atoms with Crippen molar-refractivity contribution >= 4 is 11.6 Å². The number of benzene rings is 1. The second kappa shape index (κ2) is 7.04. The monoisotopic (exact) mass is 285 g/mol. The van der Waals surface area contributed by atoms with Gasteiger partial charge in [-0.15, -0.1) is 0 Å². The lowest BCUT2D eigenvalue weighted by molar-refractivity contribution is 0.814. The summed E-state index contributed by atoms with van der Waals surface area (Å²) < 4.78 is 0. The molecule has 5 heteroatoms. The summed E-state index contributed by atoms with van der Waals surface area (Å²) in [5, 5.41) is 3.45. The quantitative estimate of drug-likeness (QED) is 0.561. The number of nitrogens with one attached hydrogen (secondary N) is 2. The Morgan fingerprint density at radius 1 is 1.14 bits per heavy atom. The van der Waals surface area contributed by atoms with Gasteiger partial charge in [-0.3, -0.25) is 0 Å². The Bertz CT molecular complexity index is 583. The Balaban J connectivity index is 2.28. The molecule has 2 rings (SSSR count). The van der Waals surface area contributed by atoms with Gasteiger partial charge < -0.3 is 10.7 Å². The predicted molar refractivity (Wildman–Crippen MR) is 87.1 cm³/mol. The number of nitrogen functional groups attached to an aromatic ring is 1. The van der Waals surface area contributed by atoms with Crippen LogP contribution < -0.4 is 16.6 Å². The van der Waals surface area contributed by atoms with Crippen LogP contribution in [-0.2, 0) is 6.42 Å². The second-order valence-electron chi connectivity index (χ2n) is 5.13. The lowest BCUT2D eigenvalue weighted by atomic mass is 10.1. The van der Waals surface area contributed by atoms with E-state index in [0.29, 0.717) is 5.82 Å². The topological polar surface area (TPSA) is 75.9 Å². The molecule has 0 bridgehead atoms. The second-order valence-corrected chi connectivity index (χ2v) is 5.13. The number of aryl methyl sites for hydroxylation is 1. The van der Waals surface area contributed by atoms with Crippen LogP contribution in [0.5, 0.6) is 0 Å². The van der Waals surface area contributed by atoms with E-state index in [-0.39, 0.29) is 6.04 Å². The molecule has 0 saturated heterocycles. The van der Waals surface area contributed by atoms with Crippen molar-refractivity contribution in [2.45, 2.75) is 39.7 Å². The maximum absolute atomic E-state index is 5.56. The molecule has 0 aliphatic heterocycles. The summed E-state index contributed by atoms with van der Waals surface area (Å²) >= 11 is 0. The van der Waals surface area contributed by atoms with Crippen LogP contribution in [-0.4, -0.2) is 9.97 Å². The highest BCUT2D eigenvalue weighted by atomic mass is 15.3. The van der Waals surface area contributed by atoms with Crippen LogP contribution in [0.3, 0.4) is 0 Å². The van der Waals surface area contributed by atoms with E-state index in [1.807, 2.05) is 25.1 Å². The minimum absolute atomic E-state index is 0.167. The smallest absolute Gasteiger partial charge is 0.148 e. The first-order chi connectivity index (χ1) is 10.2. The molecular formula is C16H23N5. The average molecular weight is 285 g/mol. The van der Waals surface area contributed by atoms with Crippen LogP contribution in [0.1, 0.15) is 43.3 Å². The van der Waals surface area contributed by atoms with Gasteiger partial charge in [-0.2, -0.15) is 0 Å². The standard InChI is InChI=1S/C16H23N5/c1-4-8-14-19-15(11(2)16(20-14)21-17)18-12(3)13-9-6-5-7-10-13/h5-7,9-10,12H,4,8,17H2,1-3H3,(H2,18,19,20,21). The molecule has 1 unspecified atom stereocenters. The third kappa shape index (κ3) is 3.70. The van der Waals surface area contributed by atoms with Crippen molar-refractivity contribution < 1.29 is 0 Å². The molecule has 21 heavy (non-hydrogen) atoms. The van der Waals surface area contributed by atoms with Crippen LogP contribution in [0.4, 0.5) is 11.6 Å². The Labute approximate surface area is 126 Å². The van der Waals surface area contributed by atoms with Gasteiger partial charge in [0, 0.05) is 18.0 Å². The Hall–Kier alpha value is -2.14. The van der Waals surface area contributed by atoms with E-state index in [1.54, 1.807) is 0 Å². The van der Waals surface area contributed by atoms with E-state index >= 15 is 0 Å². The van der Waals surface area contributed by atoms with Gasteiger partial charge in [-0.25, -0.2) is 15.8 Å². The Morgan fingerprint density at radius 3 is 2.43 bits per heavy atom. The molecular weight excluding hydrogens is 262 g/mol. The zero-order valence-electron chi connectivity index (χ0n) is 12.9. The van der Waals surface area contributed by atoms with Crippen molar-refractivity contribution in [3.05, 3.63) is 47.3 Å². The van der Waals surface area contributed by atoms with Crippen LogP contribution in [0.25, 0.3) is 0 Å². The zero-order valence-corrected chi connectivity index (χ0v) is 12.9. The van der Waals surface area contributed by atoms with Gasteiger partial charge in [0.1, 0.15) is 17.5 Å². The zero-order chi connectivity index (χ0) is 15.2. The van der Waals surface area contributed by atoms with Gasteiger partial charge in [-0.1, -0.05) is 37.3 Å². The average Bonchev–Trinajstić information content (AvgIpc) is 2.51. The lowest BCUT2D eigenvalue weighted by Gasteiger charge is -2.18. The van der Waals surface area contributed by atoms with Crippen molar-refractivity contribution in [3.8, 4) is 0 Å². The molecule has 0 saturated carbocycles. The largest absolute Gasteiger partial charge is 0.363 e. The summed E-state index contributed by atoms with van der Waals surface area (Å²) in [7, 11) is 0. The highest BCUT2D eigenvalue weighted by Gasteiger charge is 2.13. The number of anilines is 2. The molecule has 0 radical (unpaired) electrons. The molecule has 112 valence electrons. The third-order valence-electron chi connectivity index (χ3n) is 3.46. The lowest BCUT2D eigenvalue weighted by Crippen LogP contribution is -2.16. The van der Waals surface area contributed by atoms with Crippen LogP contribution in [0.2, 0.25) is 0 Å². The van der Waals surface area contributed by atoms with Crippen LogP contribution in [0, 0.1) is 6.92 Å². The first-order valence-electron chi connectivity index (χ1n) is 7.31. The molecule has 0 amide bonds. The Kier molecular flexibility index (Phi) is 5.11. The molecule has 4 N–H and O–H groups in total. The molecule has 2 aromatic rings. The molecule has 1 aromatic carbocycles. The van der Waals surface area contributed by atoms with E-state index in [9.17, 15) is 0 Å². The number of nitrogens with zero attached hydrogens (tertiary/aromatic N) is 2. The molecule has 0 aliphatic rings. The fourth-order valence-electron chi connectivity index (χ4n) is 2.21. The molecule has 0 spiro atoms. The van der Waals surface area contributed by atoms with Crippen molar-refractivity contribution in [1.82, 2.24) is 9.97 Å². The van der Waals surface area contributed by atoms with Crippen molar-refractivity contribution in [2.24, 2.45) is 5.84 Å². The number of hydrogen-bond acceptors (Lipinski definition) is 5. The van der Waals surface area contributed by atoms with Gasteiger partial charge in [0.2, 0.25) is 0 Å². The fourth-order valence-corrected chi connectivity index (χ4v) is 2.21. The number of hydrazine groups is 1. The van der Waals surface area contributed by atoms with Crippen molar-refractivity contribution in [2.75, 3.05) is 10.7 Å². The minimum atomic E-state index is 0.167. The third-order valence-corrected chi connectivity index (χ3v) is 3.46. The maximum Gasteiger partial charge on any atom is 0.148 e. The van der Waals surface area contributed by atoms with E-state index in [1.165, 1.54) is 5.56 Å². The molecule has 1 aromatic heterocycles. The van der Waals surface area contributed by atoms with E-state index in [0.717, 1.165) is 30.0 Å². The van der Waals surface area contributed by atoms with E-state index < -0.39 is 0 Å². The SMILES string of the molecule is CCCc1nc(NN)c(C)c(NC(C)c2ccccc2)n1. The van der Waals surface area contributed by atoms with Crippen LogP contribution in [0.15, 0.2) is 30.3 Å². The summed E-state index contributed by atoms with van der Waals surface area (Å²) in [4.78, 5) is 9.05. The van der Waals surface area contributed by atoms with E-state index in [4.69, 9.17) is 5.84 Å². The van der Waals surface area contributed by atoms with Gasteiger partial charge in [0.15, 0.2) is 0 Å². The Morgan fingerprint density at radius 2 is 1.81 bits per heavy atom. The first-order valence-corrected chi connectivity index (χ1v) is 7.31. The van der Waals surface area contributed by atoms with Gasteiger partial charge in [-0.05, 0) is 25.8 Å². The normalized spacial score (nSPS) is 12.0. The summed E-state index contributed by atoms with van der Waals surface area (Å²) in [6, 6.07) is 10.5. The van der Waals surface area contributed by atoms with Gasteiger partial charge in [0.25, 0.3) is 0 Å². The molecule has 0 fully saturated rings. The summed E-state index contributed by atoms with van der Waals surface area (Å²) in [5.74, 6) is 7.87. The number of hydrogen-bond donors (Lipinski definition) is 3.